The number of nitrogens with zero attached hydrogens (tertiary/aromatic N) is 1. The van der Waals surface area contributed by atoms with Gasteiger partial charge in [0.2, 0.25) is 0 Å². The molecule has 7 heteroatoms. The van der Waals surface area contributed by atoms with E-state index in [9.17, 15) is 13.2 Å². The lowest BCUT2D eigenvalue weighted by Crippen LogP contribution is -2.39. The van der Waals surface area contributed by atoms with Crippen molar-refractivity contribution in [3.8, 4) is 0 Å². The quantitative estimate of drug-likeness (QED) is 0.395. The number of unbranched alkanes of at least 4 members (excludes halogenated alkanes) is 1. The number of aliphatic imine (C=N–C) groups is 1. The van der Waals surface area contributed by atoms with E-state index in [4.69, 9.17) is 4.42 Å². The number of hydrogen-bond acceptors (Lipinski definition) is 2. The van der Waals surface area contributed by atoms with Crippen LogP contribution in [-0.4, -0.2) is 25.2 Å². The summed E-state index contributed by atoms with van der Waals surface area (Å²) in [4.78, 5) is 4.50. The second kappa shape index (κ2) is 10.5. The second-order valence-corrected chi connectivity index (χ2v) is 5.91. The molecule has 0 aliphatic carbocycles. The van der Waals surface area contributed by atoms with Gasteiger partial charge >= 0.3 is 6.18 Å². The van der Waals surface area contributed by atoms with Crippen LogP contribution in [0.25, 0.3) is 0 Å². The third-order valence-corrected chi connectivity index (χ3v) is 3.69. The molecule has 26 heavy (non-hydrogen) atoms. The molecule has 0 saturated carbocycles. The molecule has 0 amide bonds. The van der Waals surface area contributed by atoms with Gasteiger partial charge in [0.05, 0.1) is 12.8 Å². The van der Waals surface area contributed by atoms with E-state index in [1.807, 2.05) is 42.5 Å². The highest BCUT2D eigenvalue weighted by atomic mass is 19.4. The largest absolute Gasteiger partial charge is 0.469 e. The summed E-state index contributed by atoms with van der Waals surface area (Å²) in [5.41, 5.74) is 1.07. The van der Waals surface area contributed by atoms with Crippen LogP contribution >= 0.6 is 0 Å². The first kappa shape index (κ1) is 19.9. The molecule has 0 unspecified atom stereocenters. The Balaban J connectivity index is 1.79. The van der Waals surface area contributed by atoms with Gasteiger partial charge in [0.1, 0.15) is 5.76 Å². The number of hydrogen-bond donors (Lipinski definition) is 2. The third-order valence-electron chi connectivity index (χ3n) is 3.69. The second-order valence-electron chi connectivity index (χ2n) is 5.91. The fourth-order valence-corrected chi connectivity index (χ4v) is 2.34. The molecule has 0 aliphatic heterocycles. The number of alkyl halides is 3. The fourth-order valence-electron chi connectivity index (χ4n) is 2.34. The smallest absolute Gasteiger partial charge is 0.389 e. The summed E-state index contributed by atoms with van der Waals surface area (Å²) < 4.78 is 41.8. The molecule has 2 aromatic rings. The Kier molecular flexibility index (Phi) is 8.05. The SMILES string of the molecule is FC(F)(F)CCCCNC(=NCc1ccccc1)NCCc1ccco1. The minimum atomic E-state index is -4.09. The van der Waals surface area contributed by atoms with Gasteiger partial charge in [-0.2, -0.15) is 13.2 Å². The topological polar surface area (TPSA) is 49.6 Å². The van der Waals surface area contributed by atoms with Crippen molar-refractivity contribution in [3.05, 3.63) is 60.1 Å². The summed E-state index contributed by atoms with van der Waals surface area (Å²) in [5, 5.41) is 6.29. The number of guanidine groups is 1. The van der Waals surface area contributed by atoms with Gasteiger partial charge < -0.3 is 15.1 Å². The summed E-state index contributed by atoms with van der Waals surface area (Å²) in [5.74, 6) is 1.46. The number of rotatable bonds is 9. The molecule has 4 nitrogen and oxygen atoms in total. The van der Waals surface area contributed by atoms with Crippen LogP contribution in [0.4, 0.5) is 13.2 Å². The third kappa shape index (κ3) is 8.60. The average molecular weight is 367 g/mol. The standard InChI is InChI=1S/C19H24F3N3O/c20-19(21,22)11-4-5-12-23-18(24-13-10-17-9-6-14-26-17)25-15-16-7-2-1-3-8-16/h1-3,6-9,14H,4-5,10-13,15H2,(H2,23,24,25). The average Bonchev–Trinajstić information content (AvgIpc) is 3.12. The Morgan fingerprint density at radius 2 is 1.73 bits per heavy atom. The van der Waals surface area contributed by atoms with Gasteiger partial charge in [-0.1, -0.05) is 30.3 Å². The summed E-state index contributed by atoms with van der Waals surface area (Å²) in [7, 11) is 0. The van der Waals surface area contributed by atoms with Crippen LogP contribution in [0, 0.1) is 0 Å². The zero-order chi connectivity index (χ0) is 18.7. The molecule has 2 N–H and O–H groups in total. The lowest BCUT2D eigenvalue weighted by molar-refractivity contribution is -0.135. The lowest BCUT2D eigenvalue weighted by Gasteiger charge is -2.13. The van der Waals surface area contributed by atoms with Gasteiger partial charge in [-0.15, -0.1) is 0 Å². The first-order valence-corrected chi connectivity index (χ1v) is 8.68. The van der Waals surface area contributed by atoms with E-state index in [-0.39, 0.29) is 6.42 Å². The highest BCUT2D eigenvalue weighted by Gasteiger charge is 2.25. The van der Waals surface area contributed by atoms with Gasteiger partial charge in [-0.05, 0) is 30.5 Å². The first-order chi connectivity index (χ1) is 12.5. The van der Waals surface area contributed by atoms with Crippen LogP contribution in [0.3, 0.4) is 0 Å². The Labute approximate surface area is 151 Å². The van der Waals surface area contributed by atoms with E-state index >= 15 is 0 Å². The van der Waals surface area contributed by atoms with Crippen LogP contribution < -0.4 is 10.6 Å². The zero-order valence-corrected chi connectivity index (χ0v) is 14.6. The maximum atomic E-state index is 12.2. The molecule has 1 heterocycles. The van der Waals surface area contributed by atoms with Crippen molar-refractivity contribution >= 4 is 5.96 Å². The molecule has 1 aromatic heterocycles. The van der Waals surface area contributed by atoms with Crippen LogP contribution in [-0.2, 0) is 13.0 Å². The molecule has 0 atom stereocenters. The molecule has 0 spiro atoms. The molecule has 0 radical (unpaired) electrons. The number of halogens is 3. The van der Waals surface area contributed by atoms with E-state index in [0.717, 1.165) is 11.3 Å². The molecule has 0 fully saturated rings. The summed E-state index contributed by atoms with van der Waals surface area (Å²) in [6.45, 7) is 1.56. The Morgan fingerprint density at radius 3 is 2.42 bits per heavy atom. The van der Waals surface area contributed by atoms with Crippen molar-refractivity contribution in [1.29, 1.82) is 0 Å². The van der Waals surface area contributed by atoms with Crippen molar-refractivity contribution < 1.29 is 17.6 Å². The molecule has 1 aromatic carbocycles. The van der Waals surface area contributed by atoms with E-state index in [0.29, 0.717) is 38.4 Å². The van der Waals surface area contributed by atoms with Gasteiger partial charge in [0, 0.05) is 25.9 Å². The molecule has 2 rings (SSSR count). The van der Waals surface area contributed by atoms with Crippen LogP contribution in [0.2, 0.25) is 0 Å². The normalized spacial score (nSPS) is 12.2. The van der Waals surface area contributed by atoms with Crippen molar-refractivity contribution in [3.63, 3.8) is 0 Å². The number of furan rings is 1. The fraction of sp³-hybridized carbons (Fsp3) is 0.421. The monoisotopic (exact) mass is 367 g/mol. The van der Waals surface area contributed by atoms with Gasteiger partial charge in [-0.25, -0.2) is 4.99 Å². The van der Waals surface area contributed by atoms with Crippen molar-refractivity contribution in [2.75, 3.05) is 13.1 Å². The molecule has 0 bridgehead atoms. The molecule has 0 saturated heterocycles. The van der Waals surface area contributed by atoms with Crippen LogP contribution in [0.5, 0.6) is 0 Å². The summed E-state index contributed by atoms with van der Waals surface area (Å²) in [6, 6.07) is 13.5. The maximum Gasteiger partial charge on any atom is 0.389 e. The minimum absolute atomic E-state index is 0.106. The van der Waals surface area contributed by atoms with Gasteiger partial charge in [0.25, 0.3) is 0 Å². The first-order valence-electron chi connectivity index (χ1n) is 8.68. The van der Waals surface area contributed by atoms with Gasteiger partial charge in [-0.3, -0.25) is 0 Å². The predicted molar refractivity (Wildman–Crippen MR) is 95.9 cm³/mol. The van der Waals surface area contributed by atoms with Crippen molar-refractivity contribution in [1.82, 2.24) is 10.6 Å². The van der Waals surface area contributed by atoms with Crippen LogP contribution in [0.15, 0.2) is 58.1 Å². The summed E-state index contributed by atoms with van der Waals surface area (Å²) >= 11 is 0. The zero-order valence-electron chi connectivity index (χ0n) is 14.6. The highest BCUT2D eigenvalue weighted by molar-refractivity contribution is 5.79. The maximum absolute atomic E-state index is 12.2. The molecule has 0 aliphatic rings. The predicted octanol–water partition coefficient (Wildman–Crippen LogP) is 4.29. The number of benzene rings is 1. The Bertz CT molecular complexity index is 640. The van der Waals surface area contributed by atoms with Gasteiger partial charge in [0.15, 0.2) is 5.96 Å². The minimum Gasteiger partial charge on any atom is -0.469 e. The Morgan fingerprint density at radius 1 is 0.962 bits per heavy atom. The molecule has 142 valence electrons. The van der Waals surface area contributed by atoms with E-state index < -0.39 is 12.6 Å². The van der Waals surface area contributed by atoms with Crippen molar-refractivity contribution in [2.24, 2.45) is 4.99 Å². The van der Waals surface area contributed by atoms with E-state index in [1.165, 1.54) is 0 Å². The van der Waals surface area contributed by atoms with Crippen molar-refractivity contribution in [2.45, 2.75) is 38.4 Å². The molecular weight excluding hydrogens is 343 g/mol. The summed E-state index contributed by atoms with van der Waals surface area (Å²) in [6.07, 6.45) is -1.98. The number of nitrogens with one attached hydrogen (secondary N) is 2. The van der Waals surface area contributed by atoms with Crippen LogP contribution in [0.1, 0.15) is 30.6 Å². The van der Waals surface area contributed by atoms with E-state index in [1.54, 1.807) is 6.26 Å². The lowest BCUT2D eigenvalue weighted by atomic mass is 10.2. The highest BCUT2D eigenvalue weighted by Crippen LogP contribution is 2.21. The Hall–Kier alpha value is -2.44. The van der Waals surface area contributed by atoms with E-state index in [2.05, 4.69) is 15.6 Å². The molecular formula is C19H24F3N3O.